The van der Waals surface area contributed by atoms with Crippen molar-refractivity contribution in [2.45, 2.75) is 18.3 Å². The molecule has 0 aromatic heterocycles. The first kappa shape index (κ1) is 22.9. The fraction of sp³-hybridized carbons (Fsp3) is 0.160. The van der Waals surface area contributed by atoms with Gasteiger partial charge in [-0.3, -0.25) is 4.79 Å². The predicted molar refractivity (Wildman–Crippen MR) is 133 cm³/mol. The normalized spacial score (nSPS) is 16.8. The molecule has 1 saturated heterocycles. The van der Waals surface area contributed by atoms with Gasteiger partial charge in [0.2, 0.25) is 5.91 Å². The summed E-state index contributed by atoms with van der Waals surface area (Å²) in [4.78, 5) is 12.3. The third-order valence-electron chi connectivity index (χ3n) is 4.89. The lowest BCUT2D eigenvalue weighted by Crippen LogP contribution is -2.25. The molecule has 1 heterocycles. The molecule has 1 fully saturated rings. The number of rotatable bonds is 8. The molecule has 3 aromatic carbocycles. The van der Waals surface area contributed by atoms with E-state index in [1.54, 1.807) is 13.3 Å². The first-order valence-electron chi connectivity index (χ1n) is 10.3. The SMILES string of the molecule is COc1cc(/C=N\N=C2/NC(=O)[C@@H](Cc3ccc(Cl)cc3)S2)ccc1OCc1ccccc1. The number of nitrogens with one attached hydrogen (secondary N) is 1. The number of benzene rings is 3. The van der Waals surface area contributed by atoms with E-state index in [1.165, 1.54) is 11.8 Å². The summed E-state index contributed by atoms with van der Waals surface area (Å²) in [5.74, 6) is 1.17. The summed E-state index contributed by atoms with van der Waals surface area (Å²) in [5.41, 5.74) is 2.92. The monoisotopic (exact) mass is 479 g/mol. The number of halogens is 1. The van der Waals surface area contributed by atoms with Crippen LogP contribution in [0.25, 0.3) is 0 Å². The van der Waals surface area contributed by atoms with E-state index in [0.29, 0.717) is 34.7 Å². The maximum Gasteiger partial charge on any atom is 0.239 e. The van der Waals surface area contributed by atoms with Gasteiger partial charge in [-0.1, -0.05) is 65.8 Å². The lowest BCUT2D eigenvalue weighted by molar-refractivity contribution is -0.118. The van der Waals surface area contributed by atoms with Gasteiger partial charge in [0.15, 0.2) is 16.7 Å². The summed E-state index contributed by atoms with van der Waals surface area (Å²) in [6.07, 6.45) is 2.20. The third-order valence-corrected chi connectivity index (χ3v) is 6.22. The first-order valence-corrected chi connectivity index (χ1v) is 11.5. The van der Waals surface area contributed by atoms with Crippen molar-refractivity contribution in [1.29, 1.82) is 0 Å². The van der Waals surface area contributed by atoms with Crippen LogP contribution in [0, 0.1) is 0 Å². The fourth-order valence-electron chi connectivity index (χ4n) is 3.19. The third kappa shape index (κ3) is 6.37. The number of hydrogen-bond donors (Lipinski definition) is 1. The average Bonchev–Trinajstić information content (AvgIpc) is 3.19. The Labute approximate surface area is 201 Å². The van der Waals surface area contributed by atoms with Gasteiger partial charge in [-0.15, -0.1) is 5.10 Å². The molecule has 6 nitrogen and oxygen atoms in total. The molecule has 1 N–H and O–H groups in total. The number of carbonyl (C=O) groups is 1. The number of hydrogen-bond acceptors (Lipinski definition) is 6. The van der Waals surface area contributed by atoms with Crippen LogP contribution >= 0.6 is 23.4 Å². The van der Waals surface area contributed by atoms with Crippen LogP contribution in [-0.4, -0.2) is 29.6 Å². The van der Waals surface area contributed by atoms with Crippen molar-refractivity contribution in [3.63, 3.8) is 0 Å². The highest BCUT2D eigenvalue weighted by molar-refractivity contribution is 8.15. The molecule has 0 spiro atoms. The highest BCUT2D eigenvalue weighted by Gasteiger charge is 2.30. The highest BCUT2D eigenvalue weighted by Crippen LogP contribution is 2.28. The topological polar surface area (TPSA) is 72.3 Å². The Balaban J connectivity index is 1.36. The predicted octanol–water partition coefficient (Wildman–Crippen LogP) is 5.09. The Morgan fingerprint density at radius 2 is 1.82 bits per heavy atom. The van der Waals surface area contributed by atoms with Crippen molar-refractivity contribution in [2.24, 2.45) is 10.2 Å². The van der Waals surface area contributed by atoms with Gasteiger partial charge in [0.25, 0.3) is 0 Å². The van der Waals surface area contributed by atoms with Gasteiger partial charge in [-0.2, -0.15) is 5.10 Å². The quantitative estimate of drug-likeness (QED) is 0.360. The van der Waals surface area contributed by atoms with Gasteiger partial charge in [-0.05, 0) is 53.4 Å². The van der Waals surface area contributed by atoms with Gasteiger partial charge in [0, 0.05) is 5.02 Å². The minimum atomic E-state index is -0.249. The summed E-state index contributed by atoms with van der Waals surface area (Å²) >= 11 is 7.29. The summed E-state index contributed by atoms with van der Waals surface area (Å²) in [7, 11) is 1.59. The minimum Gasteiger partial charge on any atom is -0.493 e. The van der Waals surface area contributed by atoms with Gasteiger partial charge in [0.05, 0.1) is 18.6 Å². The number of thioether (sulfide) groups is 1. The Morgan fingerprint density at radius 1 is 1.03 bits per heavy atom. The van der Waals surface area contributed by atoms with Crippen molar-refractivity contribution in [3.05, 3.63) is 94.5 Å². The molecule has 4 rings (SSSR count). The number of nitrogens with zero attached hydrogens (tertiary/aromatic N) is 2. The van der Waals surface area contributed by atoms with E-state index < -0.39 is 0 Å². The molecule has 0 bridgehead atoms. The second-order valence-electron chi connectivity index (χ2n) is 7.26. The summed E-state index contributed by atoms with van der Waals surface area (Å²) in [6.45, 7) is 0.451. The van der Waals surface area contributed by atoms with Crippen LogP contribution in [0.4, 0.5) is 0 Å². The molecule has 33 heavy (non-hydrogen) atoms. The van der Waals surface area contributed by atoms with Crippen molar-refractivity contribution in [2.75, 3.05) is 7.11 Å². The van der Waals surface area contributed by atoms with Crippen LogP contribution in [0.3, 0.4) is 0 Å². The van der Waals surface area contributed by atoms with Gasteiger partial charge < -0.3 is 14.8 Å². The smallest absolute Gasteiger partial charge is 0.239 e. The van der Waals surface area contributed by atoms with Gasteiger partial charge in [0.1, 0.15) is 6.61 Å². The molecule has 8 heteroatoms. The van der Waals surface area contributed by atoms with Crippen molar-refractivity contribution in [3.8, 4) is 11.5 Å². The number of methoxy groups -OCH3 is 1. The van der Waals surface area contributed by atoms with E-state index in [1.807, 2.05) is 72.8 Å². The van der Waals surface area contributed by atoms with Crippen molar-refractivity contribution < 1.29 is 14.3 Å². The van der Waals surface area contributed by atoms with Crippen LogP contribution in [0.15, 0.2) is 83.0 Å². The fourth-order valence-corrected chi connectivity index (χ4v) is 4.28. The number of amidine groups is 1. The molecular formula is C25H22ClN3O3S. The minimum absolute atomic E-state index is 0.0783. The van der Waals surface area contributed by atoms with Gasteiger partial charge in [-0.25, -0.2) is 0 Å². The van der Waals surface area contributed by atoms with Crippen LogP contribution < -0.4 is 14.8 Å². The van der Waals surface area contributed by atoms with Crippen molar-refractivity contribution >= 4 is 40.7 Å². The second kappa shape index (κ2) is 11.0. The second-order valence-corrected chi connectivity index (χ2v) is 8.89. The van der Waals surface area contributed by atoms with E-state index in [0.717, 1.165) is 16.7 Å². The summed E-state index contributed by atoms with van der Waals surface area (Å²) in [6, 6.07) is 22.9. The Bertz CT molecular complexity index is 1170. The molecule has 1 aliphatic heterocycles. The van der Waals surface area contributed by atoms with E-state index in [4.69, 9.17) is 21.1 Å². The maximum absolute atomic E-state index is 12.3. The van der Waals surface area contributed by atoms with Crippen LogP contribution in [0.2, 0.25) is 5.02 Å². The zero-order valence-corrected chi connectivity index (χ0v) is 19.5. The maximum atomic E-state index is 12.3. The molecular weight excluding hydrogens is 458 g/mol. The molecule has 1 aliphatic rings. The molecule has 3 aromatic rings. The van der Waals surface area contributed by atoms with Crippen molar-refractivity contribution in [1.82, 2.24) is 5.32 Å². The van der Waals surface area contributed by atoms with Crippen LogP contribution in [-0.2, 0) is 17.8 Å². The average molecular weight is 480 g/mol. The summed E-state index contributed by atoms with van der Waals surface area (Å²) < 4.78 is 11.3. The zero-order valence-electron chi connectivity index (χ0n) is 17.9. The molecule has 0 unspecified atom stereocenters. The van der Waals surface area contributed by atoms with Crippen LogP contribution in [0.1, 0.15) is 16.7 Å². The Hall–Kier alpha value is -3.29. The lowest BCUT2D eigenvalue weighted by Gasteiger charge is -2.11. The molecule has 0 aliphatic carbocycles. The van der Waals surface area contributed by atoms with E-state index in [-0.39, 0.29) is 11.2 Å². The molecule has 0 saturated carbocycles. The molecule has 1 amide bonds. The Kier molecular flexibility index (Phi) is 7.65. The Morgan fingerprint density at radius 3 is 2.58 bits per heavy atom. The lowest BCUT2D eigenvalue weighted by atomic mass is 10.1. The highest BCUT2D eigenvalue weighted by atomic mass is 35.5. The largest absolute Gasteiger partial charge is 0.493 e. The standard InChI is InChI=1S/C25H22ClN3O3S/c1-31-22-13-19(9-12-21(22)32-16-18-5-3-2-4-6-18)15-27-29-25-28-24(30)23(33-25)14-17-7-10-20(26)11-8-17/h2-13,15,23H,14,16H2,1H3,(H,28,29,30)/b27-15-/t23-/m1/s1. The number of ether oxygens (including phenoxy) is 2. The summed E-state index contributed by atoms with van der Waals surface area (Å²) in [5, 5.41) is 12.0. The zero-order chi connectivity index (χ0) is 23.0. The molecule has 168 valence electrons. The van der Waals surface area contributed by atoms with E-state index in [2.05, 4.69) is 15.5 Å². The van der Waals surface area contributed by atoms with Gasteiger partial charge >= 0.3 is 0 Å². The van der Waals surface area contributed by atoms with E-state index in [9.17, 15) is 4.79 Å². The number of amides is 1. The molecule has 0 radical (unpaired) electrons. The first-order chi connectivity index (χ1) is 16.1. The van der Waals surface area contributed by atoms with E-state index >= 15 is 0 Å². The number of carbonyl (C=O) groups excluding carboxylic acids is 1. The van der Waals surface area contributed by atoms with Crippen LogP contribution in [0.5, 0.6) is 11.5 Å². The molecule has 1 atom stereocenters.